The van der Waals surface area contributed by atoms with E-state index in [-0.39, 0.29) is 24.3 Å². The molecule has 0 radical (unpaired) electrons. The molecule has 27 heavy (non-hydrogen) atoms. The number of aryl methyl sites for hydroxylation is 2. The summed E-state index contributed by atoms with van der Waals surface area (Å²) in [6.07, 6.45) is 0.244. The standard InChI is InChI=1S/C20H26N4O3/c1-14-9-15(2)24(22-14)12-16-5-4-6-17(10-16)20(26)23-7-8-27-13-18(23)11-19(25)21-3/h4-6,9-10,18H,7-8,11-13H2,1-3H3,(H,21,25)/t18-/m0/s1. The van der Waals surface area contributed by atoms with Crippen molar-refractivity contribution in [1.29, 1.82) is 0 Å². The molecule has 7 heteroatoms. The first-order chi connectivity index (χ1) is 13.0. The normalized spacial score (nSPS) is 17.0. The fraction of sp³-hybridized carbons (Fsp3) is 0.450. The lowest BCUT2D eigenvalue weighted by atomic mass is 10.1. The molecule has 144 valence electrons. The third kappa shape index (κ3) is 4.54. The van der Waals surface area contributed by atoms with Crippen LogP contribution in [0.5, 0.6) is 0 Å². The molecule has 1 aliphatic heterocycles. The summed E-state index contributed by atoms with van der Waals surface area (Å²) in [7, 11) is 1.60. The molecule has 2 amide bonds. The number of hydrogen-bond donors (Lipinski definition) is 1. The van der Waals surface area contributed by atoms with Gasteiger partial charge in [0.2, 0.25) is 5.91 Å². The van der Waals surface area contributed by atoms with Gasteiger partial charge in [-0.3, -0.25) is 14.3 Å². The zero-order valence-corrected chi connectivity index (χ0v) is 16.1. The van der Waals surface area contributed by atoms with E-state index in [1.54, 1.807) is 11.9 Å². The van der Waals surface area contributed by atoms with Gasteiger partial charge in [-0.15, -0.1) is 0 Å². The van der Waals surface area contributed by atoms with E-state index in [1.807, 2.05) is 48.9 Å². The first kappa shape index (κ1) is 19.1. The third-order valence-electron chi connectivity index (χ3n) is 4.80. The highest BCUT2D eigenvalue weighted by atomic mass is 16.5. The predicted octanol–water partition coefficient (Wildman–Crippen LogP) is 1.53. The van der Waals surface area contributed by atoms with Gasteiger partial charge in [-0.05, 0) is 37.6 Å². The molecule has 1 N–H and O–H groups in total. The molecule has 2 heterocycles. The third-order valence-corrected chi connectivity index (χ3v) is 4.80. The van der Waals surface area contributed by atoms with Crippen LogP contribution in [0.3, 0.4) is 0 Å². The number of nitrogens with zero attached hydrogens (tertiary/aromatic N) is 3. The quantitative estimate of drug-likeness (QED) is 0.866. The minimum Gasteiger partial charge on any atom is -0.377 e. The van der Waals surface area contributed by atoms with Gasteiger partial charge in [0.05, 0.1) is 31.5 Å². The van der Waals surface area contributed by atoms with Crippen molar-refractivity contribution in [2.24, 2.45) is 0 Å². The van der Waals surface area contributed by atoms with E-state index in [9.17, 15) is 9.59 Å². The zero-order chi connectivity index (χ0) is 19.4. The van der Waals surface area contributed by atoms with Gasteiger partial charge in [0.1, 0.15) is 0 Å². The molecular weight excluding hydrogens is 344 g/mol. The van der Waals surface area contributed by atoms with Crippen LogP contribution >= 0.6 is 0 Å². The molecule has 0 unspecified atom stereocenters. The number of hydrogen-bond acceptors (Lipinski definition) is 4. The second-order valence-electron chi connectivity index (χ2n) is 6.89. The number of amides is 2. The van der Waals surface area contributed by atoms with Gasteiger partial charge < -0.3 is 15.0 Å². The Hall–Kier alpha value is -2.67. The van der Waals surface area contributed by atoms with E-state index in [4.69, 9.17) is 4.74 Å². The Morgan fingerprint density at radius 2 is 2.11 bits per heavy atom. The van der Waals surface area contributed by atoms with Crippen LogP contribution in [0.1, 0.15) is 33.7 Å². The Morgan fingerprint density at radius 1 is 1.30 bits per heavy atom. The molecule has 1 aromatic carbocycles. The molecule has 0 saturated carbocycles. The van der Waals surface area contributed by atoms with Crippen molar-refractivity contribution in [2.45, 2.75) is 32.9 Å². The number of ether oxygens (including phenoxy) is 1. The van der Waals surface area contributed by atoms with Gasteiger partial charge in [-0.2, -0.15) is 5.10 Å². The molecule has 0 bridgehead atoms. The largest absolute Gasteiger partial charge is 0.377 e. The number of rotatable bonds is 5. The molecule has 0 spiro atoms. The summed E-state index contributed by atoms with van der Waals surface area (Å²) in [6, 6.07) is 9.40. The molecule has 3 rings (SSSR count). The number of nitrogens with one attached hydrogen (secondary N) is 1. The summed E-state index contributed by atoms with van der Waals surface area (Å²) < 4.78 is 7.41. The van der Waals surface area contributed by atoms with Crippen LogP contribution in [-0.2, 0) is 16.1 Å². The topological polar surface area (TPSA) is 76.5 Å². The minimum atomic E-state index is -0.245. The molecule has 1 fully saturated rings. The van der Waals surface area contributed by atoms with Gasteiger partial charge in [-0.1, -0.05) is 12.1 Å². The first-order valence-electron chi connectivity index (χ1n) is 9.17. The average molecular weight is 370 g/mol. The summed E-state index contributed by atoms with van der Waals surface area (Å²) in [6.45, 7) is 5.96. The van der Waals surface area contributed by atoms with Crippen molar-refractivity contribution < 1.29 is 14.3 Å². The Morgan fingerprint density at radius 3 is 2.81 bits per heavy atom. The van der Waals surface area contributed by atoms with Gasteiger partial charge >= 0.3 is 0 Å². The van der Waals surface area contributed by atoms with E-state index in [1.165, 1.54) is 0 Å². The maximum atomic E-state index is 13.1. The van der Waals surface area contributed by atoms with Crippen LogP contribution in [0.25, 0.3) is 0 Å². The molecule has 7 nitrogen and oxygen atoms in total. The molecule has 0 aliphatic carbocycles. The lowest BCUT2D eigenvalue weighted by Crippen LogP contribution is -2.50. The van der Waals surface area contributed by atoms with E-state index >= 15 is 0 Å². The monoisotopic (exact) mass is 370 g/mol. The van der Waals surface area contributed by atoms with Crippen LogP contribution in [0.15, 0.2) is 30.3 Å². The Kier molecular flexibility index (Phi) is 5.91. The van der Waals surface area contributed by atoms with Gasteiger partial charge in [-0.25, -0.2) is 0 Å². The summed E-state index contributed by atoms with van der Waals surface area (Å²) >= 11 is 0. The lowest BCUT2D eigenvalue weighted by molar-refractivity contribution is -0.123. The van der Waals surface area contributed by atoms with Crippen LogP contribution in [0.4, 0.5) is 0 Å². The van der Waals surface area contributed by atoms with Gasteiger partial charge in [0.25, 0.3) is 5.91 Å². The van der Waals surface area contributed by atoms with Crippen molar-refractivity contribution in [3.05, 3.63) is 52.8 Å². The fourth-order valence-electron chi connectivity index (χ4n) is 3.38. The smallest absolute Gasteiger partial charge is 0.254 e. The number of benzene rings is 1. The molecule has 1 aromatic heterocycles. The highest BCUT2D eigenvalue weighted by Gasteiger charge is 2.29. The van der Waals surface area contributed by atoms with Gasteiger partial charge in [0, 0.05) is 31.3 Å². The van der Waals surface area contributed by atoms with E-state index < -0.39 is 0 Å². The van der Waals surface area contributed by atoms with E-state index in [0.717, 1.165) is 17.0 Å². The summed E-state index contributed by atoms with van der Waals surface area (Å²) in [5.74, 6) is -0.163. The lowest BCUT2D eigenvalue weighted by Gasteiger charge is -2.35. The van der Waals surface area contributed by atoms with Crippen molar-refractivity contribution in [2.75, 3.05) is 26.8 Å². The average Bonchev–Trinajstić information content (AvgIpc) is 2.98. The minimum absolute atomic E-state index is 0.0672. The van der Waals surface area contributed by atoms with Crippen LogP contribution in [-0.4, -0.2) is 59.3 Å². The van der Waals surface area contributed by atoms with Gasteiger partial charge in [0.15, 0.2) is 0 Å². The van der Waals surface area contributed by atoms with Crippen LogP contribution in [0, 0.1) is 13.8 Å². The Bertz CT molecular complexity index is 830. The van der Waals surface area contributed by atoms with Crippen molar-refractivity contribution in [1.82, 2.24) is 20.0 Å². The molecule has 1 saturated heterocycles. The number of aromatic nitrogens is 2. The maximum absolute atomic E-state index is 13.1. The van der Waals surface area contributed by atoms with Crippen molar-refractivity contribution >= 4 is 11.8 Å². The van der Waals surface area contributed by atoms with Crippen LogP contribution in [0.2, 0.25) is 0 Å². The highest BCUT2D eigenvalue weighted by Crippen LogP contribution is 2.17. The first-order valence-corrected chi connectivity index (χ1v) is 9.17. The SMILES string of the molecule is CNC(=O)C[C@H]1COCCN1C(=O)c1cccc(Cn2nc(C)cc2C)c1. The molecule has 1 aliphatic rings. The summed E-state index contributed by atoms with van der Waals surface area (Å²) in [5.41, 5.74) is 3.70. The van der Waals surface area contributed by atoms with Crippen LogP contribution < -0.4 is 5.32 Å². The maximum Gasteiger partial charge on any atom is 0.254 e. The summed E-state index contributed by atoms with van der Waals surface area (Å²) in [5, 5.41) is 7.10. The number of morpholine rings is 1. The highest BCUT2D eigenvalue weighted by molar-refractivity contribution is 5.95. The van der Waals surface area contributed by atoms with E-state index in [2.05, 4.69) is 10.4 Å². The second-order valence-corrected chi connectivity index (χ2v) is 6.89. The van der Waals surface area contributed by atoms with E-state index in [0.29, 0.717) is 31.9 Å². The zero-order valence-electron chi connectivity index (χ0n) is 16.1. The second kappa shape index (κ2) is 8.35. The fourth-order valence-corrected chi connectivity index (χ4v) is 3.38. The molecular formula is C20H26N4O3. The Labute approximate surface area is 159 Å². The predicted molar refractivity (Wildman–Crippen MR) is 102 cm³/mol. The number of carbonyl (C=O) groups excluding carboxylic acids is 2. The molecule has 2 aromatic rings. The Balaban J connectivity index is 1.77. The number of carbonyl (C=O) groups is 2. The molecule has 1 atom stereocenters. The van der Waals surface area contributed by atoms with Crippen molar-refractivity contribution in [3.8, 4) is 0 Å². The summed E-state index contributed by atoms with van der Waals surface area (Å²) in [4.78, 5) is 26.6. The van der Waals surface area contributed by atoms with Crippen molar-refractivity contribution in [3.63, 3.8) is 0 Å².